The van der Waals surface area contributed by atoms with Gasteiger partial charge in [-0.15, -0.1) is 0 Å². The van der Waals surface area contributed by atoms with Crippen LogP contribution >= 0.6 is 11.3 Å². The van der Waals surface area contributed by atoms with Crippen LogP contribution in [0.1, 0.15) is 0 Å². The molecule has 0 spiro atoms. The minimum Gasteiger partial charge on any atom is -0.374 e. The van der Waals surface area contributed by atoms with Gasteiger partial charge in [-0.25, -0.2) is 13.6 Å². The third kappa shape index (κ3) is 2.00. The van der Waals surface area contributed by atoms with Crippen molar-refractivity contribution in [2.75, 3.05) is 12.4 Å². The molecule has 0 bridgehead atoms. The average molecular weight is 237 g/mol. The monoisotopic (exact) mass is 237 g/mol. The first-order valence-corrected chi connectivity index (χ1v) is 5.71. The lowest BCUT2D eigenvalue weighted by atomic mass is 10.5. The van der Waals surface area contributed by atoms with Gasteiger partial charge >= 0.3 is 5.69 Å². The molecule has 0 aliphatic heterocycles. The molecule has 0 radical (unpaired) electrons. The Labute approximate surface area is 83.7 Å². The summed E-state index contributed by atoms with van der Waals surface area (Å²) in [5, 5.41) is 18.0. The van der Waals surface area contributed by atoms with Gasteiger partial charge in [0.2, 0.25) is 10.0 Å². The van der Waals surface area contributed by atoms with Gasteiger partial charge < -0.3 is 5.32 Å². The van der Waals surface area contributed by atoms with E-state index in [0.717, 1.165) is 17.4 Å². The smallest absolute Gasteiger partial charge is 0.304 e. The van der Waals surface area contributed by atoms with Crippen molar-refractivity contribution in [1.29, 1.82) is 0 Å². The molecule has 78 valence electrons. The first-order valence-electron chi connectivity index (χ1n) is 3.35. The number of nitrogens with two attached hydrogens (primary N) is 1. The maximum Gasteiger partial charge on any atom is 0.304 e. The summed E-state index contributed by atoms with van der Waals surface area (Å²) < 4.78 is 21.5. The predicted molar refractivity (Wildman–Crippen MR) is 51.9 cm³/mol. The molecule has 14 heavy (non-hydrogen) atoms. The van der Waals surface area contributed by atoms with E-state index in [2.05, 4.69) is 5.32 Å². The highest BCUT2D eigenvalue weighted by molar-refractivity contribution is 7.91. The van der Waals surface area contributed by atoms with Gasteiger partial charge in [0.05, 0.1) is 4.92 Å². The standard InChI is InChI=1S/C5H7N3O4S2/c1-7-5-3(8(9)10)2-4(13-5)14(6,11)12/h2,7H,1H3,(H2,6,11,12). The molecule has 0 atom stereocenters. The number of nitro groups is 1. The Morgan fingerprint density at radius 2 is 2.21 bits per heavy atom. The fourth-order valence-electron chi connectivity index (χ4n) is 0.814. The molecule has 1 aromatic rings. The molecule has 7 nitrogen and oxygen atoms in total. The minimum absolute atomic E-state index is 0.166. The van der Waals surface area contributed by atoms with Gasteiger partial charge in [-0.3, -0.25) is 10.1 Å². The molecule has 0 unspecified atom stereocenters. The number of sulfonamides is 1. The lowest BCUT2D eigenvalue weighted by Crippen LogP contribution is -2.09. The maximum atomic E-state index is 10.9. The van der Waals surface area contributed by atoms with Crippen molar-refractivity contribution in [3.05, 3.63) is 16.2 Å². The van der Waals surface area contributed by atoms with Crippen LogP contribution in [-0.4, -0.2) is 20.4 Å². The summed E-state index contributed by atoms with van der Waals surface area (Å²) in [7, 11) is -2.41. The minimum atomic E-state index is -3.87. The molecule has 0 saturated carbocycles. The molecule has 1 rings (SSSR count). The van der Waals surface area contributed by atoms with E-state index in [-0.39, 0.29) is 14.9 Å². The van der Waals surface area contributed by atoms with E-state index in [9.17, 15) is 18.5 Å². The number of hydrogen-bond acceptors (Lipinski definition) is 6. The van der Waals surface area contributed by atoms with Crippen LogP contribution < -0.4 is 10.5 Å². The third-order valence-corrected chi connectivity index (χ3v) is 3.96. The van der Waals surface area contributed by atoms with Crippen molar-refractivity contribution in [3.8, 4) is 0 Å². The third-order valence-electron chi connectivity index (χ3n) is 1.39. The molecule has 0 aromatic carbocycles. The van der Waals surface area contributed by atoms with E-state index >= 15 is 0 Å². The number of rotatable bonds is 3. The lowest BCUT2D eigenvalue weighted by molar-refractivity contribution is -0.383. The molecule has 0 aliphatic rings. The highest BCUT2D eigenvalue weighted by atomic mass is 32.2. The van der Waals surface area contributed by atoms with Crippen LogP contribution in [0, 0.1) is 10.1 Å². The van der Waals surface area contributed by atoms with E-state index in [1.54, 1.807) is 0 Å². The van der Waals surface area contributed by atoms with E-state index in [1.807, 2.05) is 0 Å². The Morgan fingerprint density at radius 1 is 1.64 bits per heavy atom. The van der Waals surface area contributed by atoms with Crippen molar-refractivity contribution in [2.45, 2.75) is 4.21 Å². The summed E-state index contributed by atoms with van der Waals surface area (Å²) in [6.45, 7) is 0. The SMILES string of the molecule is CNc1sc(S(N)(=O)=O)cc1[N+](=O)[O-]. The molecule has 9 heteroatoms. The maximum absolute atomic E-state index is 10.9. The van der Waals surface area contributed by atoms with Crippen LogP contribution in [0.3, 0.4) is 0 Å². The number of anilines is 1. The molecule has 0 aliphatic carbocycles. The van der Waals surface area contributed by atoms with Crippen molar-refractivity contribution < 1.29 is 13.3 Å². The highest BCUT2D eigenvalue weighted by Gasteiger charge is 2.22. The van der Waals surface area contributed by atoms with Gasteiger partial charge in [0.25, 0.3) is 0 Å². The molecule has 0 amide bonds. The van der Waals surface area contributed by atoms with Gasteiger partial charge in [0.15, 0.2) is 5.00 Å². The number of primary sulfonamides is 1. The van der Waals surface area contributed by atoms with Crippen molar-refractivity contribution in [1.82, 2.24) is 0 Å². The quantitative estimate of drug-likeness (QED) is 0.581. The van der Waals surface area contributed by atoms with Crippen molar-refractivity contribution >= 4 is 32.0 Å². The molecule has 0 saturated heterocycles. The molecular weight excluding hydrogens is 230 g/mol. The van der Waals surface area contributed by atoms with Gasteiger partial charge in [0, 0.05) is 13.1 Å². The van der Waals surface area contributed by atoms with Gasteiger partial charge in [-0.1, -0.05) is 11.3 Å². The fourth-order valence-corrected chi connectivity index (χ4v) is 2.52. The Morgan fingerprint density at radius 3 is 2.50 bits per heavy atom. The highest BCUT2D eigenvalue weighted by Crippen LogP contribution is 2.35. The van der Waals surface area contributed by atoms with E-state index in [0.29, 0.717) is 0 Å². The Bertz CT molecular complexity index is 463. The normalized spacial score (nSPS) is 11.3. The number of nitrogens with zero attached hydrogens (tertiary/aromatic N) is 1. The number of thiophene rings is 1. The molecule has 0 fully saturated rings. The molecule has 3 N–H and O–H groups in total. The summed E-state index contributed by atoms with van der Waals surface area (Å²) in [6, 6.07) is 0.936. The number of hydrogen-bond donors (Lipinski definition) is 2. The van der Waals surface area contributed by atoms with Crippen LogP contribution in [0.5, 0.6) is 0 Å². The van der Waals surface area contributed by atoms with E-state index in [4.69, 9.17) is 5.14 Å². The van der Waals surface area contributed by atoms with Crippen LogP contribution in [-0.2, 0) is 10.0 Å². The summed E-state index contributed by atoms with van der Waals surface area (Å²) in [6.07, 6.45) is 0. The fraction of sp³-hybridized carbons (Fsp3) is 0.200. The zero-order chi connectivity index (χ0) is 10.9. The molecule has 1 aromatic heterocycles. The van der Waals surface area contributed by atoms with Gasteiger partial charge in [0.1, 0.15) is 4.21 Å². The van der Waals surface area contributed by atoms with Crippen LogP contribution in [0.2, 0.25) is 0 Å². The first kappa shape index (κ1) is 10.9. The van der Waals surface area contributed by atoms with Gasteiger partial charge in [-0.05, 0) is 0 Å². The number of nitrogens with one attached hydrogen (secondary N) is 1. The second-order valence-corrected chi connectivity index (χ2v) is 5.17. The molecule has 1 heterocycles. The second-order valence-electron chi connectivity index (χ2n) is 2.33. The van der Waals surface area contributed by atoms with Gasteiger partial charge in [-0.2, -0.15) is 0 Å². The van der Waals surface area contributed by atoms with E-state index in [1.165, 1.54) is 7.05 Å². The zero-order valence-corrected chi connectivity index (χ0v) is 8.68. The summed E-state index contributed by atoms with van der Waals surface area (Å²) >= 11 is 0.729. The summed E-state index contributed by atoms with van der Waals surface area (Å²) in [5.41, 5.74) is -0.290. The van der Waals surface area contributed by atoms with Crippen LogP contribution in [0.25, 0.3) is 0 Å². The van der Waals surface area contributed by atoms with Crippen LogP contribution in [0.4, 0.5) is 10.7 Å². The Kier molecular flexibility index (Phi) is 2.73. The van der Waals surface area contributed by atoms with Crippen molar-refractivity contribution in [2.24, 2.45) is 5.14 Å². The topological polar surface area (TPSA) is 115 Å². The average Bonchev–Trinajstić information content (AvgIpc) is 2.45. The predicted octanol–water partition coefficient (Wildman–Crippen LogP) is 0.345. The molecular formula is C5H7N3O4S2. The zero-order valence-electron chi connectivity index (χ0n) is 7.05. The second kappa shape index (κ2) is 3.52. The van der Waals surface area contributed by atoms with Crippen LogP contribution in [0.15, 0.2) is 10.3 Å². The summed E-state index contributed by atoms with van der Waals surface area (Å²) in [4.78, 5) is 9.79. The Hall–Kier alpha value is -1.19. The van der Waals surface area contributed by atoms with Crippen molar-refractivity contribution in [3.63, 3.8) is 0 Å². The first-order chi connectivity index (χ1) is 6.36. The lowest BCUT2D eigenvalue weighted by Gasteiger charge is -1.91. The summed E-state index contributed by atoms with van der Waals surface area (Å²) in [5.74, 6) is 0. The largest absolute Gasteiger partial charge is 0.374 e. The van der Waals surface area contributed by atoms with E-state index < -0.39 is 14.9 Å². The Balaban J connectivity index is 3.34.